The fourth-order valence-corrected chi connectivity index (χ4v) is 4.07. The second-order valence-electron chi connectivity index (χ2n) is 9.68. The lowest BCUT2D eigenvalue weighted by Gasteiger charge is -2.27. The highest BCUT2D eigenvalue weighted by Gasteiger charge is 2.37. The average molecular weight is 451 g/mol. The Labute approximate surface area is 194 Å². The van der Waals surface area contributed by atoms with E-state index in [-0.39, 0.29) is 30.6 Å². The van der Waals surface area contributed by atoms with E-state index in [4.69, 9.17) is 14.2 Å². The van der Waals surface area contributed by atoms with E-state index in [2.05, 4.69) is 11.9 Å². The Morgan fingerprint density at radius 2 is 2.03 bits per heavy atom. The molecule has 1 N–H and O–H groups in total. The third-order valence-electron chi connectivity index (χ3n) is 5.67. The van der Waals surface area contributed by atoms with Crippen LogP contribution in [-0.2, 0) is 16.0 Å². The molecule has 0 fully saturated rings. The lowest BCUT2D eigenvalue weighted by molar-refractivity contribution is -0.127. The van der Waals surface area contributed by atoms with E-state index in [1.807, 2.05) is 39.8 Å². The topological polar surface area (TPSA) is 77.1 Å². The predicted octanol–water partition coefficient (Wildman–Crippen LogP) is 4.36. The van der Waals surface area contributed by atoms with Crippen LogP contribution in [0.1, 0.15) is 33.3 Å². The fourth-order valence-electron chi connectivity index (χ4n) is 4.07. The van der Waals surface area contributed by atoms with E-state index in [1.54, 1.807) is 35.2 Å². The van der Waals surface area contributed by atoms with E-state index < -0.39 is 5.41 Å². The molecule has 2 aromatic carbocycles. The minimum atomic E-state index is -0.675. The summed E-state index contributed by atoms with van der Waals surface area (Å²) in [5.41, 5.74) is 1.24. The number of hydrogen-bond acceptors (Lipinski definition) is 5. The number of carbonyl (C=O) groups excluding carboxylic acids is 2. The van der Waals surface area contributed by atoms with Crippen LogP contribution in [-0.4, -0.2) is 37.2 Å². The van der Waals surface area contributed by atoms with Crippen LogP contribution in [0, 0.1) is 5.41 Å². The molecule has 2 amide bonds. The van der Waals surface area contributed by atoms with E-state index in [0.29, 0.717) is 35.2 Å². The first-order valence-corrected chi connectivity index (χ1v) is 11.0. The van der Waals surface area contributed by atoms with Crippen molar-refractivity contribution in [2.45, 2.75) is 39.7 Å². The summed E-state index contributed by atoms with van der Waals surface area (Å²) in [4.78, 5) is 27.3. The fraction of sp³-hybridized carbons (Fsp3) is 0.385. The number of amides is 2. The molecule has 7 nitrogen and oxygen atoms in total. The van der Waals surface area contributed by atoms with E-state index in [0.717, 1.165) is 12.0 Å². The molecule has 0 spiro atoms. The molecule has 0 aliphatic carbocycles. The molecule has 0 atom stereocenters. The van der Waals surface area contributed by atoms with Gasteiger partial charge in [-0.05, 0) is 52.0 Å². The van der Waals surface area contributed by atoms with E-state index in [9.17, 15) is 9.59 Å². The molecule has 7 heteroatoms. The van der Waals surface area contributed by atoms with Gasteiger partial charge in [0.15, 0.2) is 18.1 Å². The van der Waals surface area contributed by atoms with Crippen molar-refractivity contribution in [3.05, 3.63) is 54.6 Å². The van der Waals surface area contributed by atoms with Gasteiger partial charge in [-0.2, -0.15) is 0 Å². The SMILES string of the molecule is C=CCN1C(=O)C(C)(C)COc2ccc(NC(=O)COc3cccc4c3OC(C)(C)C4)cc21. The van der Waals surface area contributed by atoms with Crippen molar-refractivity contribution >= 4 is 23.2 Å². The van der Waals surface area contributed by atoms with Gasteiger partial charge in [-0.1, -0.05) is 18.2 Å². The molecule has 0 radical (unpaired) electrons. The van der Waals surface area contributed by atoms with Gasteiger partial charge in [0.25, 0.3) is 5.91 Å². The van der Waals surface area contributed by atoms with Crippen LogP contribution in [0.2, 0.25) is 0 Å². The number of ether oxygens (including phenoxy) is 3. The number of hydrogen-bond donors (Lipinski definition) is 1. The Morgan fingerprint density at radius 3 is 2.79 bits per heavy atom. The number of para-hydroxylation sites is 1. The van der Waals surface area contributed by atoms with Gasteiger partial charge < -0.3 is 24.4 Å². The monoisotopic (exact) mass is 450 g/mol. The number of fused-ring (bicyclic) bond motifs is 2. The highest BCUT2D eigenvalue weighted by Crippen LogP contribution is 2.42. The molecular weight excluding hydrogens is 420 g/mol. The Kier molecular flexibility index (Phi) is 5.82. The van der Waals surface area contributed by atoms with Crippen molar-refractivity contribution in [3.8, 4) is 17.2 Å². The minimum Gasteiger partial charge on any atom is -0.490 e. The van der Waals surface area contributed by atoms with Crippen molar-refractivity contribution in [2.75, 3.05) is 30.0 Å². The molecule has 2 aliphatic heterocycles. The van der Waals surface area contributed by atoms with Crippen LogP contribution < -0.4 is 24.4 Å². The molecule has 4 rings (SSSR count). The maximum Gasteiger partial charge on any atom is 0.262 e. The van der Waals surface area contributed by atoms with Crippen LogP contribution in [0.3, 0.4) is 0 Å². The van der Waals surface area contributed by atoms with Crippen molar-refractivity contribution < 1.29 is 23.8 Å². The van der Waals surface area contributed by atoms with Gasteiger partial charge in [0.05, 0.1) is 11.1 Å². The first-order valence-electron chi connectivity index (χ1n) is 11.0. The zero-order valence-electron chi connectivity index (χ0n) is 19.6. The quantitative estimate of drug-likeness (QED) is 0.662. The van der Waals surface area contributed by atoms with Gasteiger partial charge in [-0.25, -0.2) is 0 Å². The summed E-state index contributed by atoms with van der Waals surface area (Å²) in [7, 11) is 0. The van der Waals surface area contributed by atoms with Gasteiger partial charge in [0.1, 0.15) is 18.0 Å². The number of carbonyl (C=O) groups is 2. The molecule has 0 saturated carbocycles. The second kappa shape index (κ2) is 8.46. The molecule has 0 bridgehead atoms. The van der Waals surface area contributed by atoms with Crippen molar-refractivity contribution in [3.63, 3.8) is 0 Å². The zero-order valence-corrected chi connectivity index (χ0v) is 19.6. The van der Waals surface area contributed by atoms with Gasteiger partial charge >= 0.3 is 0 Å². The summed E-state index contributed by atoms with van der Waals surface area (Å²) in [5, 5.41) is 2.84. The molecule has 33 heavy (non-hydrogen) atoms. The van der Waals surface area contributed by atoms with Gasteiger partial charge in [-0.3, -0.25) is 9.59 Å². The van der Waals surface area contributed by atoms with Gasteiger partial charge in [0.2, 0.25) is 5.91 Å². The van der Waals surface area contributed by atoms with E-state index >= 15 is 0 Å². The Hall–Kier alpha value is -3.48. The number of nitrogens with zero attached hydrogens (tertiary/aromatic N) is 1. The highest BCUT2D eigenvalue weighted by molar-refractivity contribution is 6.01. The summed E-state index contributed by atoms with van der Waals surface area (Å²) < 4.78 is 17.7. The molecule has 2 aliphatic rings. The van der Waals surface area contributed by atoms with Crippen LogP contribution in [0.4, 0.5) is 11.4 Å². The average Bonchev–Trinajstić information content (AvgIpc) is 3.04. The van der Waals surface area contributed by atoms with Crippen molar-refractivity contribution in [1.29, 1.82) is 0 Å². The lowest BCUT2D eigenvalue weighted by Crippen LogP contribution is -2.42. The van der Waals surface area contributed by atoms with E-state index in [1.165, 1.54) is 0 Å². The van der Waals surface area contributed by atoms with Crippen LogP contribution in [0.5, 0.6) is 17.2 Å². The Bertz CT molecular complexity index is 1110. The maximum atomic E-state index is 13.0. The predicted molar refractivity (Wildman–Crippen MR) is 127 cm³/mol. The second-order valence-corrected chi connectivity index (χ2v) is 9.68. The molecular formula is C26H30N2O5. The van der Waals surface area contributed by atoms with Crippen LogP contribution in [0.25, 0.3) is 0 Å². The lowest BCUT2D eigenvalue weighted by atomic mass is 9.93. The Balaban J connectivity index is 1.47. The van der Waals surface area contributed by atoms with Crippen molar-refractivity contribution in [2.24, 2.45) is 5.41 Å². The summed E-state index contributed by atoms with van der Waals surface area (Å²) in [5.74, 6) is 1.45. The largest absolute Gasteiger partial charge is 0.490 e. The molecule has 174 valence electrons. The number of benzene rings is 2. The third kappa shape index (κ3) is 4.67. The minimum absolute atomic E-state index is 0.0613. The molecule has 0 saturated heterocycles. The molecule has 0 aromatic heterocycles. The smallest absolute Gasteiger partial charge is 0.262 e. The van der Waals surface area contributed by atoms with Crippen LogP contribution in [0.15, 0.2) is 49.1 Å². The summed E-state index contributed by atoms with van der Waals surface area (Å²) >= 11 is 0. The molecule has 2 heterocycles. The number of nitrogens with one attached hydrogen (secondary N) is 1. The molecule has 2 aromatic rings. The normalized spacial score (nSPS) is 17.7. The van der Waals surface area contributed by atoms with Gasteiger partial charge in [-0.15, -0.1) is 6.58 Å². The van der Waals surface area contributed by atoms with Crippen molar-refractivity contribution in [1.82, 2.24) is 0 Å². The van der Waals surface area contributed by atoms with Gasteiger partial charge in [0, 0.05) is 24.2 Å². The van der Waals surface area contributed by atoms with Crippen LogP contribution >= 0.6 is 0 Å². The Morgan fingerprint density at radius 1 is 1.24 bits per heavy atom. The summed E-state index contributed by atoms with van der Waals surface area (Å²) in [6.07, 6.45) is 2.46. The summed E-state index contributed by atoms with van der Waals surface area (Å²) in [6.45, 7) is 11.9. The molecule has 0 unspecified atom stereocenters. The third-order valence-corrected chi connectivity index (χ3v) is 5.67. The number of anilines is 2. The first-order chi connectivity index (χ1) is 15.6. The highest BCUT2D eigenvalue weighted by atomic mass is 16.5. The summed E-state index contributed by atoms with van der Waals surface area (Å²) in [6, 6.07) is 11.0. The number of rotatable bonds is 6. The first kappa shape index (κ1) is 22.7. The zero-order chi connectivity index (χ0) is 23.8. The maximum absolute atomic E-state index is 13.0. The standard InChI is InChI=1S/C26H30N2O5/c1-6-12-28-19-13-18(10-11-20(19)32-16-25(2,3)24(28)30)27-22(29)15-31-21-9-7-8-17-14-26(4,5)33-23(17)21/h6-11,13H,1,12,14-16H2,2-5H3,(H,27,29).